The van der Waals surface area contributed by atoms with Crippen molar-refractivity contribution in [2.45, 2.75) is 26.3 Å². The zero-order chi connectivity index (χ0) is 11.5. The minimum atomic E-state index is -0.400. The molecule has 0 bridgehead atoms. The molecule has 0 radical (unpaired) electrons. The molecule has 0 aromatic carbocycles. The highest BCUT2D eigenvalue weighted by Gasteiger charge is 2.27. The average molecular weight is 230 g/mol. The second-order valence-corrected chi connectivity index (χ2v) is 4.48. The smallest absolute Gasteiger partial charge is 0.151 e. The molecule has 0 amide bonds. The zero-order valence-corrected chi connectivity index (χ0v) is 9.91. The molecular formula is C10H16ClN3O. The fraction of sp³-hybridized carbons (Fsp3) is 0.600. The minimum absolute atomic E-state index is 0.0367. The summed E-state index contributed by atoms with van der Waals surface area (Å²) >= 11 is 5.63. The van der Waals surface area contributed by atoms with E-state index in [1.807, 2.05) is 20.8 Å². The maximum atomic E-state index is 9.33. The van der Waals surface area contributed by atoms with E-state index in [1.165, 1.54) is 0 Å². The van der Waals surface area contributed by atoms with Gasteiger partial charge in [-0.2, -0.15) is 0 Å². The van der Waals surface area contributed by atoms with E-state index in [4.69, 9.17) is 11.6 Å². The monoisotopic (exact) mass is 229 g/mol. The normalized spacial score (nSPS) is 15.1. The van der Waals surface area contributed by atoms with Crippen LogP contribution in [0.3, 0.4) is 0 Å². The number of rotatable bonds is 4. The zero-order valence-electron chi connectivity index (χ0n) is 9.16. The third kappa shape index (κ3) is 3.04. The molecule has 2 N–H and O–H groups in total. The number of halogens is 1. The number of aromatic nitrogens is 2. The molecule has 1 atom stereocenters. The van der Waals surface area contributed by atoms with Crippen molar-refractivity contribution >= 4 is 17.4 Å². The highest BCUT2D eigenvalue weighted by molar-refractivity contribution is 6.29. The Balaban J connectivity index is 2.79. The number of aliphatic hydroxyl groups excluding tert-OH is 1. The van der Waals surface area contributed by atoms with Gasteiger partial charge in [0.25, 0.3) is 0 Å². The Bertz CT molecular complexity index is 315. The van der Waals surface area contributed by atoms with Crippen LogP contribution in [0.2, 0.25) is 5.15 Å². The molecule has 0 fully saturated rings. The number of hydrogen-bond acceptors (Lipinski definition) is 4. The molecule has 0 aliphatic heterocycles. The third-order valence-electron chi connectivity index (χ3n) is 2.65. The summed E-state index contributed by atoms with van der Waals surface area (Å²) in [6, 6.07) is 3.40. The molecule has 1 heterocycles. The molecule has 15 heavy (non-hydrogen) atoms. The van der Waals surface area contributed by atoms with Gasteiger partial charge in [0.15, 0.2) is 5.15 Å². The summed E-state index contributed by atoms with van der Waals surface area (Å²) < 4.78 is 0. The van der Waals surface area contributed by atoms with Crippen LogP contribution in [-0.4, -0.2) is 27.4 Å². The van der Waals surface area contributed by atoms with Gasteiger partial charge in [-0.25, -0.2) is 0 Å². The van der Waals surface area contributed by atoms with Gasteiger partial charge >= 0.3 is 0 Å². The maximum absolute atomic E-state index is 9.33. The van der Waals surface area contributed by atoms with E-state index >= 15 is 0 Å². The Morgan fingerprint density at radius 2 is 2.13 bits per heavy atom. The first kappa shape index (κ1) is 12.2. The summed E-state index contributed by atoms with van der Waals surface area (Å²) in [4.78, 5) is 0. The van der Waals surface area contributed by atoms with Crippen molar-refractivity contribution in [3.63, 3.8) is 0 Å². The second kappa shape index (κ2) is 4.77. The summed E-state index contributed by atoms with van der Waals surface area (Å²) in [5.74, 6) is 0.893. The molecule has 0 saturated carbocycles. The second-order valence-electron chi connectivity index (χ2n) is 4.10. The largest absolute Gasteiger partial charge is 0.394 e. The maximum Gasteiger partial charge on any atom is 0.151 e. The molecule has 1 aromatic rings. The molecule has 4 nitrogen and oxygen atoms in total. The lowest BCUT2D eigenvalue weighted by Gasteiger charge is -2.33. The van der Waals surface area contributed by atoms with E-state index < -0.39 is 5.54 Å². The predicted octanol–water partition coefficient (Wildman–Crippen LogP) is 1.95. The summed E-state index contributed by atoms with van der Waals surface area (Å²) in [5.41, 5.74) is -0.400. The van der Waals surface area contributed by atoms with Crippen LogP contribution in [0.4, 0.5) is 5.82 Å². The fourth-order valence-corrected chi connectivity index (χ4v) is 1.14. The van der Waals surface area contributed by atoms with Crippen LogP contribution in [0.1, 0.15) is 20.8 Å². The van der Waals surface area contributed by atoms with E-state index in [0.717, 1.165) is 0 Å². The summed E-state index contributed by atoms with van der Waals surface area (Å²) in [6.07, 6.45) is 0. The summed E-state index contributed by atoms with van der Waals surface area (Å²) in [7, 11) is 0. The van der Waals surface area contributed by atoms with E-state index in [2.05, 4.69) is 15.5 Å². The van der Waals surface area contributed by atoms with Crippen LogP contribution < -0.4 is 5.32 Å². The first-order valence-corrected chi connectivity index (χ1v) is 5.24. The molecule has 0 saturated heterocycles. The standard InChI is InChI=1S/C10H16ClN3O/c1-7(2)10(3,6-15)12-9-5-4-8(11)13-14-9/h4-5,7,15H,6H2,1-3H3,(H,12,14). The third-order valence-corrected chi connectivity index (χ3v) is 2.85. The van der Waals surface area contributed by atoms with Gasteiger partial charge in [-0.3, -0.25) is 0 Å². The number of aliphatic hydroxyl groups is 1. The Kier molecular flexibility index (Phi) is 3.88. The highest BCUT2D eigenvalue weighted by Crippen LogP contribution is 2.21. The fourth-order valence-electron chi connectivity index (χ4n) is 1.04. The van der Waals surface area contributed by atoms with Gasteiger partial charge in [-0.05, 0) is 25.0 Å². The Hall–Kier alpha value is -0.870. The van der Waals surface area contributed by atoms with Crippen molar-refractivity contribution in [2.75, 3.05) is 11.9 Å². The van der Waals surface area contributed by atoms with Crippen molar-refractivity contribution < 1.29 is 5.11 Å². The van der Waals surface area contributed by atoms with Gasteiger partial charge in [-0.1, -0.05) is 25.4 Å². The Morgan fingerprint density at radius 3 is 2.53 bits per heavy atom. The van der Waals surface area contributed by atoms with Crippen molar-refractivity contribution in [3.05, 3.63) is 17.3 Å². The van der Waals surface area contributed by atoms with Gasteiger partial charge in [0.1, 0.15) is 5.82 Å². The number of nitrogens with one attached hydrogen (secondary N) is 1. The molecule has 5 heteroatoms. The Labute approximate surface area is 94.7 Å². The van der Waals surface area contributed by atoms with Crippen LogP contribution in [0.5, 0.6) is 0 Å². The topological polar surface area (TPSA) is 58.0 Å². The van der Waals surface area contributed by atoms with Crippen molar-refractivity contribution in [2.24, 2.45) is 5.92 Å². The van der Waals surface area contributed by atoms with Gasteiger partial charge < -0.3 is 10.4 Å². The molecule has 0 spiro atoms. The lowest BCUT2D eigenvalue weighted by atomic mass is 9.89. The Morgan fingerprint density at radius 1 is 1.47 bits per heavy atom. The summed E-state index contributed by atoms with van der Waals surface area (Å²) in [5, 5.41) is 20.5. The first-order chi connectivity index (χ1) is 6.98. The SMILES string of the molecule is CC(C)C(C)(CO)Nc1ccc(Cl)nn1. The number of nitrogens with zero attached hydrogens (tertiary/aromatic N) is 2. The van der Waals surface area contributed by atoms with E-state index in [9.17, 15) is 5.11 Å². The van der Waals surface area contributed by atoms with Crippen molar-refractivity contribution in [1.29, 1.82) is 0 Å². The lowest BCUT2D eigenvalue weighted by molar-refractivity contribution is 0.185. The van der Waals surface area contributed by atoms with Gasteiger partial charge in [0.05, 0.1) is 12.1 Å². The average Bonchev–Trinajstić information content (AvgIpc) is 2.21. The van der Waals surface area contributed by atoms with E-state index in [-0.39, 0.29) is 12.5 Å². The van der Waals surface area contributed by atoms with Crippen LogP contribution in [0, 0.1) is 5.92 Å². The molecular weight excluding hydrogens is 214 g/mol. The van der Waals surface area contributed by atoms with Crippen LogP contribution in [-0.2, 0) is 0 Å². The van der Waals surface area contributed by atoms with E-state index in [0.29, 0.717) is 11.0 Å². The predicted molar refractivity (Wildman–Crippen MR) is 61.0 cm³/mol. The first-order valence-electron chi connectivity index (χ1n) is 4.86. The number of hydrogen-bond donors (Lipinski definition) is 2. The number of anilines is 1. The molecule has 1 unspecified atom stereocenters. The highest BCUT2D eigenvalue weighted by atomic mass is 35.5. The van der Waals surface area contributed by atoms with Crippen molar-refractivity contribution in [1.82, 2.24) is 10.2 Å². The molecule has 84 valence electrons. The molecule has 1 aromatic heterocycles. The van der Waals surface area contributed by atoms with Crippen LogP contribution in [0.15, 0.2) is 12.1 Å². The molecule has 0 aliphatic carbocycles. The van der Waals surface area contributed by atoms with E-state index in [1.54, 1.807) is 12.1 Å². The van der Waals surface area contributed by atoms with Gasteiger partial charge in [0.2, 0.25) is 0 Å². The van der Waals surface area contributed by atoms with Gasteiger partial charge in [0, 0.05) is 0 Å². The van der Waals surface area contributed by atoms with Crippen molar-refractivity contribution in [3.8, 4) is 0 Å². The minimum Gasteiger partial charge on any atom is -0.394 e. The molecule has 1 rings (SSSR count). The summed E-state index contributed by atoms with van der Waals surface area (Å²) in [6.45, 7) is 6.04. The van der Waals surface area contributed by atoms with Gasteiger partial charge in [-0.15, -0.1) is 10.2 Å². The lowest BCUT2D eigenvalue weighted by Crippen LogP contribution is -2.44. The van der Waals surface area contributed by atoms with Crippen LogP contribution >= 0.6 is 11.6 Å². The van der Waals surface area contributed by atoms with Crippen LogP contribution in [0.25, 0.3) is 0 Å². The quantitative estimate of drug-likeness (QED) is 0.829. The molecule has 0 aliphatic rings.